The van der Waals surface area contributed by atoms with E-state index in [2.05, 4.69) is 17.1 Å². The van der Waals surface area contributed by atoms with E-state index in [4.69, 9.17) is 9.47 Å². The molecule has 0 aliphatic heterocycles. The lowest BCUT2D eigenvalue weighted by Gasteiger charge is -2.23. The summed E-state index contributed by atoms with van der Waals surface area (Å²) in [5.74, 6) is 0.691. The van der Waals surface area contributed by atoms with Crippen molar-refractivity contribution in [3.05, 3.63) is 96.6 Å². The van der Waals surface area contributed by atoms with Gasteiger partial charge in [0.2, 0.25) is 0 Å². The molecule has 8 nitrogen and oxygen atoms in total. The van der Waals surface area contributed by atoms with Gasteiger partial charge in [0.05, 0.1) is 37.6 Å². The fourth-order valence-corrected chi connectivity index (χ4v) is 4.58. The number of hydrazone groups is 1. The molecule has 0 saturated carbocycles. The van der Waals surface area contributed by atoms with Crippen molar-refractivity contribution in [2.45, 2.75) is 4.90 Å². The van der Waals surface area contributed by atoms with Crippen LogP contribution in [0, 0.1) is 0 Å². The molecule has 0 radical (unpaired) electrons. The number of nitrogens with zero attached hydrogens (tertiary/aromatic N) is 2. The zero-order chi connectivity index (χ0) is 24.6. The molecule has 176 valence electrons. The molecule has 0 saturated heterocycles. The van der Waals surface area contributed by atoms with Gasteiger partial charge in [-0.3, -0.25) is 9.10 Å². The lowest BCUT2D eigenvalue weighted by Crippen LogP contribution is -2.31. The van der Waals surface area contributed by atoms with Gasteiger partial charge in [0, 0.05) is 5.56 Å². The maximum absolute atomic E-state index is 13.1. The van der Waals surface area contributed by atoms with Crippen LogP contribution in [-0.4, -0.2) is 41.3 Å². The topological polar surface area (TPSA) is 97.3 Å². The minimum absolute atomic E-state index is 0.0817. The average molecular weight is 480 g/mol. The Labute approximate surface area is 199 Å². The lowest BCUT2D eigenvalue weighted by molar-refractivity contribution is 0.0955. The second kappa shape index (κ2) is 11.2. The van der Waals surface area contributed by atoms with E-state index in [1.807, 2.05) is 0 Å². The normalized spacial score (nSPS) is 11.1. The molecule has 0 bridgehead atoms. The van der Waals surface area contributed by atoms with Crippen LogP contribution >= 0.6 is 0 Å². The Hall–Kier alpha value is -4.11. The summed E-state index contributed by atoms with van der Waals surface area (Å²) in [6.07, 6.45) is 2.98. The molecule has 0 aromatic heterocycles. The smallest absolute Gasteiger partial charge is 0.271 e. The molecule has 1 N–H and O–H groups in total. The fourth-order valence-electron chi connectivity index (χ4n) is 3.12. The molecular weight excluding hydrogens is 454 g/mol. The number of amides is 1. The van der Waals surface area contributed by atoms with Crippen LogP contribution in [0.25, 0.3) is 0 Å². The van der Waals surface area contributed by atoms with Gasteiger partial charge >= 0.3 is 0 Å². The number of rotatable bonds is 10. The molecule has 0 atom stereocenters. The maximum Gasteiger partial charge on any atom is 0.271 e. The minimum Gasteiger partial charge on any atom is -0.493 e. The van der Waals surface area contributed by atoms with Crippen molar-refractivity contribution in [1.29, 1.82) is 0 Å². The molecule has 1 amide bonds. The molecule has 0 spiro atoms. The zero-order valence-corrected chi connectivity index (χ0v) is 19.7. The van der Waals surface area contributed by atoms with Gasteiger partial charge in [-0.15, -0.1) is 6.58 Å². The summed E-state index contributed by atoms with van der Waals surface area (Å²) in [4.78, 5) is 12.6. The Balaban J connectivity index is 1.73. The van der Waals surface area contributed by atoms with Crippen LogP contribution in [0.1, 0.15) is 15.9 Å². The molecule has 0 aliphatic rings. The third-order valence-corrected chi connectivity index (χ3v) is 6.64. The van der Waals surface area contributed by atoms with Gasteiger partial charge < -0.3 is 9.47 Å². The number of anilines is 1. The number of ether oxygens (including phenoxy) is 2. The van der Waals surface area contributed by atoms with Gasteiger partial charge in [-0.25, -0.2) is 13.8 Å². The van der Waals surface area contributed by atoms with E-state index in [1.54, 1.807) is 55.6 Å². The van der Waals surface area contributed by atoms with Crippen LogP contribution in [-0.2, 0) is 10.0 Å². The second-order valence-electron chi connectivity index (χ2n) is 7.00. The Morgan fingerprint density at radius 1 is 1.00 bits per heavy atom. The van der Waals surface area contributed by atoms with Crippen LogP contribution in [0.3, 0.4) is 0 Å². The van der Waals surface area contributed by atoms with Crippen LogP contribution in [0.4, 0.5) is 5.69 Å². The van der Waals surface area contributed by atoms with Crippen molar-refractivity contribution < 1.29 is 22.7 Å². The SMILES string of the molecule is C=CCN(c1ccc(C(=O)N/N=C\c2ccc(OC)c(OC)c2)cc1)S(=O)(=O)c1ccccc1. The Morgan fingerprint density at radius 2 is 1.68 bits per heavy atom. The van der Waals surface area contributed by atoms with Crippen molar-refractivity contribution in [3.63, 3.8) is 0 Å². The van der Waals surface area contributed by atoms with Gasteiger partial charge in [-0.2, -0.15) is 5.10 Å². The summed E-state index contributed by atoms with van der Waals surface area (Å²) in [5.41, 5.74) is 3.90. The molecule has 0 aliphatic carbocycles. The number of carbonyl (C=O) groups is 1. The summed E-state index contributed by atoms with van der Waals surface area (Å²) in [7, 11) is -0.707. The predicted molar refractivity (Wildman–Crippen MR) is 132 cm³/mol. The number of nitrogens with one attached hydrogen (secondary N) is 1. The third kappa shape index (κ3) is 5.62. The number of benzene rings is 3. The molecule has 0 unspecified atom stereocenters. The monoisotopic (exact) mass is 479 g/mol. The van der Waals surface area contributed by atoms with Gasteiger partial charge in [0.25, 0.3) is 15.9 Å². The first kappa shape index (κ1) is 24.5. The van der Waals surface area contributed by atoms with Crippen molar-refractivity contribution in [2.75, 3.05) is 25.1 Å². The average Bonchev–Trinajstić information content (AvgIpc) is 2.87. The quantitative estimate of drug-likeness (QED) is 0.271. The van der Waals surface area contributed by atoms with Crippen LogP contribution in [0.2, 0.25) is 0 Å². The van der Waals surface area contributed by atoms with E-state index in [9.17, 15) is 13.2 Å². The molecule has 3 aromatic carbocycles. The predicted octanol–water partition coefficient (Wildman–Crippen LogP) is 3.85. The minimum atomic E-state index is -3.79. The first-order valence-electron chi connectivity index (χ1n) is 10.2. The maximum atomic E-state index is 13.1. The highest BCUT2D eigenvalue weighted by Crippen LogP contribution is 2.27. The highest BCUT2D eigenvalue weighted by Gasteiger charge is 2.23. The summed E-state index contributed by atoms with van der Waals surface area (Å²) in [6.45, 7) is 3.74. The Bertz CT molecular complexity index is 1270. The van der Waals surface area contributed by atoms with Gasteiger partial charge in [-0.1, -0.05) is 24.3 Å². The number of sulfonamides is 1. The summed E-state index contributed by atoms with van der Waals surface area (Å²) < 4.78 is 37.8. The lowest BCUT2D eigenvalue weighted by atomic mass is 10.2. The number of carbonyl (C=O) groups excluding carboxylic acids is 1. The van der Waals surface area contributed by atoms with Gasteiger partial charge in [-0.05, 0) is 60.2 Å². The van der Waals surface area contributed by atoms with Crippen molar-refractivity contribution in [2.24, 2.45) is 5.10 Å². The van der Waals surface area contributed by atoms with Gasteiger partial charge in [0.15, 0.2) is 11.5 Å². The highest BCUT2D eigenvalue weighted by atomic mass is 32.2. The van der Waals surface area contributed by atoms with Crippen molar-refractivity contribution >= 4 is 27.8 Å². The van der Waals surface area contributed by atoms with Gasteiger partial charge in [0.1, 0.15) is 0 Å². The zero-order valence-electron chi connectivity index (χ0n) is 18.8. The van der Waals surface area contributed by atoms with E-state index in [0.29, 0.717) is 28.3 Å². The molecule has 9 heteroatoms. The standard InChI is InChI=1S/C25H25N3O5S/c1-4-16-28(34(30,31)22-8-6-5-7-9-22)21-13-11-20(12-14-21)25(29)27-26-18-19-10-15-23(32-2)24(17-19)33-3/h4-15,17-18H,1,16H2,2-3H3,(H,27,29)/b26-18-. The number of hydrogen-bond acceptors (Lipinski definition) is 6. The molecule has 0 fully saturated rings. The molecule has 34 heavy (non-hydrogen) atoms. The van der Waals surface area contributed by atoms with E-state index < -0.39 is 15.9 Å². The van der Waals surface area contributed by atoms with E-state index in [0.717, 1.165) is 0 Å². The summed E-state index contributed by atoms with van der Waals surface area (Å²) in [5, 5.41) is 3.97. The highest BCUT2D eigenvalue weighted by molar-refractivity contribution is 7.92. The van der Waals surface area contributed by atoms with Crippen LogP contribution < -0.4 is 19.2 Å². The Morgan fingerprint density at radius 3 is 2.29 bits per heavy atom. The summed E-state index contributed by atoms with van der Waals surface area (Å²) >= 11 is 0. The molecule has 0 heterocycles. The first-order chi connectivity index (χ1) is 16.4. The number of hydrogen-bond donors (Lipinski definition) is 1. The molecule has 3 rings (SSSR count). The van der Waals surface area contributed by atoms with Crippen molar-refractivity contribution in [3.8, 4) is 11.5 Å². The fraction of sp³-hybridized carbons (Fsp3) is 0.120. The largest absolute Gasteiger partial charge is 0.493 e. The Kier molecular flexibility index (Phi) is 8.05. The first-order valence-corrected chi connectivity index (χ1v) is 11.7. The summed E-state index contributed by atoms with van der Waals surface area (Å²) in [6, 6.07) is 19.6. The van der Waals surface area contributed by atoms with Crippen LogP contribution in [0.5, 0.6) is 11.5 Å². The number of methoxy groups -OCH3 is 2. The van der Waals surface area contributed by atoms with E-state index >= 15 is 0 Å². The van der Waals surface area contributed by atoms with E-state index in [1.165, 1.54) is 48.0 Å². The molecular formula is C25H25N3O5S. The second-order valence-corrected chi connectivity index (χ2v) is 8.86. The molecule has 3 aromatic rings. The third-order valence-electron chi connectivity index (χ3n) is 4.83. The van der Waals surface area contributed by atoms with Crippen LogP contribution in [0.15, 0.2) is 95.4 Å². The van der Waals surface area contributed by atoms with Crippen molar-refractivity contribution in [1.82, 2.24) is 5.43 Å². The van der Waals surface area contributed by atoms with E-state index in [-0.39, 0.29) is 11.4 Å².